The molecule has 0 unspecified atom stereocenters. The largest absolute Gasteiger partial charge is 0.467 e. The van der Waals surface area contributed by atoms with Crippen molar-refractivity contribution in [3.63, 3.8) is 0 Å². The normalized spacial score (nSPS) is 11.8. The fourth-order valence-corrected chi connectivity index (χ4v) is 5.34. The Labute approximate surface area is 241 Å². The summed E-state index contributed by atoms with van der Waals surface area (Å²) >= 11 is 0. The van der Waals surface area contributed by atoms with Crippen LogP contribution in [0.4, 0.5) is 23.2 Å². The van der Waals surface area contributed by atoms with E-state index in [2.05, 4.69) is 0 Å². The molecule has 0 aliphatic heterocycles. The van der Waals surface area contributed by atoms with Gasteiger partial charge in [0.05, 0.1) is 24.9 Å². The summed E-state index contributed by atoms with van der Waals surface area (Å²) in [7, 11) is -4.73. The van der Waals surface area contributed by atoms with Gasteiger partial charge in [0.1, 0.15) is 22.2 Å². The van der Waals surface area contributed by atoms with E-state index in [-0.39, 0.29) is 30.0 Å². The Bertz CT molecular complexity index is 1640. The van der Waals surface area contributed by atoms with Crippen molar-refractivity contribution in [2.75, 3.05) is 18.0 Å². The van der Waals surface area contributed by atoms with Crippen LogP contribution in [0.1, 0.15) is 41.1 Å². The Hall–Kier alpha value is -4.32. The third-order valence-corrected chi connectivity index (χ3v) is 7.71. The predicted octanol–water partition coefficient (Wildman–Crippen LogP) is 6.89. The van der Waals surface area contributed by atoms with Crippen LogP contribution in [-0.2, 0) is 29.4 Å². The van der Waals surface area contributed by atoms with Crippen molar-refractivity contribution in [2.24, 2.45) is 0 Å². The number of hydrogen-bond donors (Lipinski definition) is 0. The van der Waals surface area contributed by atoms with Crippen molar-refractivity contribution in [2.45, 2.75) is 38.0 Å². The van der Waals surface area contributed by atoms with Gasteiger partial charge in [0.15, 0.2) is 0 Å². The molecule has 0 saturated heterocycles. The summed E-state index contributed by atoms with van der Waals surface area (Å²) < 4.78 is 91.2. The fraction of sp³-hybridized carbons (Fsp3) is 0.233. The van der Waals surface area contributed by atoms with Crippen LogP contribution in [0.15, 0.2) is 94.4 Å². The Balaban J connectivity index is 1.76. The number of alkyl halides is 3. The molecular weight excluding hydrogens is 576 g/mol. The molecule has 3 aromatic carbocycles. The molecule has 0 N–H and O–H groups in total. The van der Waals surface area contributed by atoms with Crippen LogP contribution in [0.2, 0.25) is 0 Å². The lowest BCUT2D eigenvalue weighted by Crippen LogP contribution is -2.30. The van der Waals surface area contributed by atoms with Gasteiger partial charge in [-0.05, 0) is 68.4 Å². The summed E-state index contributed by atoms with van der Waals surface area (Å²) in [6.07, 6.45) is -3.34. The van der Waals surface area contributed by atoms with Gasteiger partial charge in [0.2, 0.25) is 0 Å². The van der Waals surface area contributed by atoms with Crippen molar-refractivity contribution in [3.05, 3.63) is 113 Å². The number of nitrogens with zero attached hydrogens (tertiary/aromatic N) is 2. The second-order valence-electron chi connectivity index (χ2n) is 9.28. The highest BCUT2D eigenvalue weighted by Crippen LogP contribution is 2.33. The Morgan fingerprint density at radius 2 is 1.64 bits per heavy atom. The summed E-state index contributed by atoms with van der Waals surface area (Å²) in [4.78, 5) is 16.1. The molecule has 7 nitrogen and oxygen atoms in total. The molecule has 42 heavy (non-hydrogen) atoms. The van der Waals surface area contributed by atoms with Crippen LogP contribution in [0.3, 0.4) is 0 Å². The van der Waals surface area contributed by atoms with Gasteiger partial charge in [-0.3, -0.25) is 4.79 Å². The topological polar surface area (TPSA) is 80.1 Å². The number of benzene rings is 3. The predicted molar refractivity (Wildman–Crippen MR) is 148 cm³/mol. The first-order valence-corrected chi connectivity index (χ1v) is 14.4. The molecule has 0 fully saturated rings. The third-order valence-electron chi connectivity index (χ3n) is 6.48. The first-order valence-electron chi connectivity index (χ1n) is 13.0. The average molecular weight is 605 g/mol. The quantitative estimate of drug-likeness (QED) is 0.137. The number of rotatable bonds is 11. The Kier molecular flexibility index (Phi) is 9.25. The fourth-order valence-electron chi connectivity index (χ4n) is 4.33. The van der Waals surface area contributed by atoms with Crippen molar-refractivity contribution < 1.29 is 39.4 Å². The molecule has 0 atom stereocenters. The van der Waals surface area contributed by atoms with Gasteiger partial charge in [0.25, 0.3) is 5.91 Å². The molecule has 4 aromatic rings. The number of amides is 1. The van der Waals surface area contributed by atoms with Crippen molar-refractivity contribution in [3.8, 4) is 5.75 Å². The smallest absolute Gasteiger partial charge is 0.416 e. The number of carbonyl (C=O) groups is 1. The van der Waals surface area contributed by atoms with Gasteiger partial charge < -0.3 is 18.4 Å². The maximum Gasteiger partial charge on any atom is 0.416 e. The minimum absolute atomic E-state index is 0.0417. The highest BCUT2D eigenvalue weighted by molar-refractivity contribution is 7.87. The maximum atomic E-state index is 13.9. The number of halogens is 4. The van der Waals surface area contributed by atoms with E-state index in [1.807, 2.05) is 18.7 Å². The number of hydrogen-bond acceptors (Lipinski definition) is 6. The molecule has 0 spiro atoms. The molecule has 12 heteroatoms. The van der Waals surface area contributed by atoms with Gasteiger partial charge in [0, 0.05) is 36.0 Å². The average Bonchev–Trinajstić information content (AvgIpc) is 3.47. The molecule has 222 valence electrons. The van der Waals surface area contributed by atoms with E-state index >= 15 is 0 Å². The monoisotopic (exact) mass is 604 g/mol. The lowest BCUT2D eigenvalue weighted by atomic mass is 10.1. The number of anilines is 1. The molecule has 0 radical (unpaired) electrons. The lowest BCUT2D eigenvalue weighted by molar-refractivity contribution is -0.137. The van der Waals surface area contributed by atoms with Crippen LogP contribution < -0.4 is 9.08 Å². The Morgan fingerprint density at radius 1 is 0.905 bits per heavy atom. The van der Waals surface area contributed by atoms with Gasteiger partial charge in [-0.25, -0.2) is 4.39 Å². The molecule has 4 rings (SSSR count). The zero-order valence-corrected chi connectivity index (χ0v) is 23.6. The molecule has 0 saturated carbocycles. The Morgan fingerprint density at radius 3 is 2.29 bits per heavy atom. The second-order valence-corrected chi connectivity index (χ2v) is 10.8. The second kappa shape index (κ2) is 12.7. The SMILES string of the molecule is CCN(CC)c1ccc(CN(Cc2ccco2)C(=O)c2cccc(F)c2)c(OS(=O)(=O)c2cccc(C(F)(F)F)c2)c1. The summed E-state index contributed by atoms with van der Waals surface area (Å²) in [5, 5.41) is 0. The first kappa shape index (κ1) is 30.6. The minimum Gasteiger partial charge on any atom is -0.467 e. The van der Waals surface area contributed by atoms with Crippen molar-refractivity contribution in [1.29, 1.82) is 0 Å². The van der Waals surface area contributed by atoms with Gasteiger partial charge >= 0.3 is 16.3 Å². The molecule has 0 aliphatic carbocycles. The van der Waals surface area contributed by atoms with E-state index in [0.29, 0.717) is 30.6 Å². The van der Waals surface area contributed by atoms with Gasteiger partial charge in [-0.1, -0.05) is 18.2 Å². The van der Waals surface area contributed by atoms with Crippen LogP contribution >= 0.6 is 0 Å². The summed E-state index contributed by atoms with van der Waals surface area (Å²) in [6, 6.07) is 16.4. The van der Waals surface area contributed by atoms with E-state index in [9.17, 15) is 30.8 Å². The van der Waals surface area contributed by atoms with Crippen LogP contribution in [0.25, 0.3) is 0 Å². The van der Waals surface area contributed by atoms with Crippen molar-refractivity contribution in [1.82, 2.24) is 4.90 Å². The van der Waals surface area contributed by atoms with Gasteiger partial charge in [-0.15, -0.1) is 0 Å². The van der Waals surface area contributed by atoms with E-state index in [1.165, 1.54) is 35.4 Å². The van der Waals surface area contributed by atoms with Crippen LogP contribution in [0.5, 0.6) is 5.75 Å². The van der Waals surface area contributed by atoms with Crippen molar-refractivity contribution >= 4 is 21.7 Å². The maximum absolute atomic E-state index is 13.9. The van der Waals surface area contributed by atoms with E-state index < -0.39 is 38.5 Å². The standard InChI is InChI=1S/C30H28F4N2O5S/c1-3-35(4-2)25-14-13-22(28(18-25)41-42(38,39)27-12-6-9-23(17-27)30(32,33)34)19-36(20-26-11-7-15-40-26)29(37)21-8-5-10-24(31)16-21/h5-18H,3-4,19-20H2,1-2H3. The first-order chi connectivity index (χ1) is 19.9. The molecule has 0 bridgehead atoms. The van der Waals surface area contributed by atoms with Crippen LogP contribution in [-0.4, -0.2) is 32.3 Å². The van der Waals surface area contributed by atoms with E-state index in [1.54, 1.807) is 24.3 Å². The summed E-state index contributed by atoms with van der Waals surface area (Å²) in [5.41, 5.74) is -0.236. The molecular formula is C30H28F4N2O5S. The molecule has 1 aromatic heterocycles. The van der Waals surface area contributed by atoms with E-state index in [4.69, 9.17) is 8.60 Å². The minimum atomic E-state index is -4.76. The number of furan rings is 1. The molecule has 0 aliphatic rings. The zero-order chi connectivity index (χ0) is 30.5. The number of carbonyl (C=O) groups excluding carboxylic acids is 1. The lowest BCUT2D eigenvalue weighted by Gasteiger charge is -2.25. The zero-order valence-electron chi connectivity index (χ0n) is 22.8. The third kappa shape index (κ3) is 7.30. The highest BCUT2D eigenvalue weighted by atomic mass is 32.2. The highest BCUT2D eigenvalue weighted by Gasteiger charge is 2.32. The molecule has 1 amide bonds. The van der Waals surface area contributed by atoms with E-state index in [0.717, 1.165) is 24.3 Å². The van der Waals surface area contributed by atoms with Crippen LogP contribution in [0, 0.1) is 5.82 Å². The summed E-state index contributed by atoms with van der Waals surface area (Å²) in [6.45, 7) is 4.73. The van der Waals surface area contributed by atoms with Gasteiger partial charge in [-0.2, -0.15) is 21.6 Å². The summed E-state index contributed by atoms with van der Waals surface area (Å²) in [5.74, 6) is -0.934. The molecule has 1 heterocycles.